The molecular formula is C21H22O6S3. The summed E-state index contributed by atoms with van der Waals surface area (Å²) < 4.78 is 48.6. The number of hydrogen-bond acceptors (Lipinski definition) is 8. The number of aryl methyl sites for hydroxylation is 1. The number of methoxy groups -OCH3 is 2. The van der Waals surface area contributed by atoms with Gasteiger partial charge in [-0.3, -0.25) is 0 Å². The van der Waals surface area contributed by atoms with Crippen molar-refractivity contribution in [2.45, 2.75) is 22.8 Å². The number of benzene rings is 2. The summed E-state index contributed by atoms with van der Waals surface area (Å²) in [6.45, 7) is 3.94. The largest absolute Gasteiger partial charge is 0.495 e. The van der Waals surface area contributed by atoms with E-state index >= 15 is 0 Å². The van der Waals surface area contributed by atoms with Gasteiger partial charge in [-0.25, -0.2) is 0 Å². The van der Waals surface area contributed by atoms with Gasteiger partial charge >= 0.3 is 10.1 Å². The van der Waals surface area contributed by atoms with Crippen molar-refractivity contribution in [2.24, 2.45) is 0 Å². The van der Waals surface area contributed by atoms with Gasteiger partial charge in [0.1, 0.15) is 10.6 Å². The maximum atomic E-state index is 13.2. The molecule has 30 heavy (non-hydrogen) atoms. The van der Waals surface area contributed by atoms with Gasteiger partial charge in [0.15, 0.2) is 11.3 Å². The Morgan fingerprint density at radius 2 is 1.60 bits per heavy atom. The van der Waals surface area contributed by atoms with Gasteiger partial charge in [0, 0.05) is 11.5 Å². The molecule has 1 fully saturated rings. The Labute approximate surface area is 184 Å². The van der Waals surface area contributed by atoms with Crippen molar-refractivity contribution < 1.29 is 26.5 Å². The molecule has 0 saturated carbocycles. The molecule has 4 rings (SSSR count). The van der Waals surface area contributed by atoms with E-state index in [2.05, 4.69) is 0 Å². The van der Waals surface area contributed by atoms with Gasteiger partial charge < -0.3 is 18.1 Å². The van der Waals surface area contributed by atoms with Crippen LogP contribution in [0.2, 0.25) is 0 Å². The summed E-state index contributed by atoms with van der Waals surface area (Å²) in [6.07, 6.45) is 1.52. The number of fused-ring (bicyclic) bond motifs is 1. The minimum atomic E-state index is -4.11. The molecule has 0 N–H and O–H groups in total. The molecule has 6 nitrogen and oxygen atoms in total. The van der Waals surface area contributed by atoms with Crippen LogP contribution in [-0.2, 0) is 14.2 Å². The SMILES string of the molecule is COc1c(C2(C)SCCS2)c(OS(=O)(=O)c2ccc(C)cc2)c(OC)c2occc12. The Bertz CT molecular complexity index is 1180. The third-order valence-corrected chi connectivity index (χ3v) is 9.51. The summed E-state index contributed by atoms with van der Waals surface area (Å²) in [7, 11) is -1.09. The van der Waals surface area contributed by atoms with Crippen LogP contribution < -0.4 is 13.7 Å². The first-order chi connectivity index (χ1) is 14.3. The molecule has 160 valence electrons. The third-order valence-electron chi connectivity index (χ3n) is 4.98. The molecule has 0 aliphatic carbocycles. The van der Waals surface area contributed by atoms with Crippen molar-refractivity contribution in [3.63, 3.8) is 0 Å². The first-order valence-electron chi connectivity index (χ1n) is 9.25. The zero-order valence-electron chi connectivity index (χ0n) is 17.1. The number of rotatable bonds is 6. The monoisotopic (exact) mass is 466 g/mol. The van der Waals surface area contributed by atoms with Crippen molar-refractivity contribution in [3.05, 3.63) is 47.7 Å². The number of thioether (sulfide) groups is 2. The average molecular weight is 467 g/mol. The topological polar surface area (TPSA) is 75.0 Å². The normalized spacial score (nSPS) is 16.0. The van der Waals surface area contributed by atoms with Crippen molar-refractivity contribution in [1.29, 1.82) is 0 Å². The van der Waals surface area contributed by atoms with Gasteiger partial charge in [-0.2, -0.15) is 8.42 Å². The number of furan rings is 1. The van der Waals surface area contributed by atoms with Crippen LogP contribution in [0.25, 0.3) is 11.0 Å². The predicted molar refractivity (Wildman–Crippen MR) is 121 cm³/mol. The molecular weight excluding hydrogens is 444 g/mol. The van der Waals surface area contributed by atoms with Crippen LogP contribution in [0.15, 0.2) is 45.9 Å². The Kier molecular flexibility index (Phi) is 5.63. The second-order valence-corrected chi connectivity index (χ2v) is 11.8. The lowest BCUT2D eigenvalue weighted by Gasteiger charge is -2.28. The highest BCUT2D eigenvalue weighted by molar-refractivity contribution is 8.20. The average Bonchev–Trinajstić information content (AvgIpc) is 3.37. The quantitative estimate of drug-likeness (QED) is 0.460. The van der Waals surface area contributed by atoms with E-state index in [0.717, 1.165) is 17.1 Å². The fourth-order valence-electron chi connectivity index (χ4n) is 3.53. The van der Waals surface area contributed by atoms with Crippen LogP contribution in [0.5, 0.6) is 17.2 Å². The predicted octanol–water partition coefficient (Wildman–Crippen LogP) is 5.18. The smallest absolute Gasteiger partial charge is 0.339 e. The van der Waals surface area contributed by atoms with Gasteiger partial charge in [0.2, 0.25) is 5.75 Å². The summed E-state index contributed by atoms with van der Waals surface area (Å²) in [5.41, 5.74) is 1.97. The molecule has 0 radical (unpaired) electrons. The van der Waals surface area contributed by atoms with E-state index in [9.17, 15) is 8.42 Å². The lowest BCUT2D eigenvalue weighted by atomic mass is 10.0. The lowest BCUT2D eigenvalue weighted by Crippen LogP contribution is -2.18. The molecule has 0 unspecified atom stereocenters. The summed E-state index contributed by atoms with van der Waals surface area (Å²) >= 11 is 3.44. The highest BCUT2D eigenvalue weighted by Crippen LogP contribution is 2.61. The molecule has 0 spiro atoms. The van der Waals surface area contributed by atoms with Crippen LogP contribution in [0.4, 0.5) is 0 Å². The Hall–Kier alpha value is -1.97. The van der Waals surface area contributed by atoms with E-state index in [0.29, 0.717) is 22.3 Å². The van der Waals surface area contributed by atoms with E-state index in [4.69, 9.17) is 18.1 Å². The lowest BCUT2D eigenvalue weighted by molar-refractivity contribution is 0.377. The molecule has 9 heteroatoms. The van der Waals surface area contributed by atoms with Crippen LogP contribution >= 0.6 is 23.5 Å². The fraction of sp³-hybridized carbons (Fsp3) is 0.333. The standard InChI is InChI=1S/C21H22O6S3/c1-13-5-7-14(8-6-13)30(22,23)27-19-16(21(2)28-11-12-29-21)17(24-3)15-9-10-26-18(15)20(19)25-4/h5-10H,11-12H2,1-4H3. The minimum Gasteiger partial charge on any atom is -0.495 e. The van der Waals surface area contributed by atoms with Gasteiger partial charge in [-0.05, 0) is 32.0 Å². The van der Waals surface area contributed by atoms with Crippen molar-refractivity contribution in [1.82, 2.24) is 0 Å². The molecule has 1 aliphatic heterocycles. The fourth-order valence-corrected chi connectivity index (χ4v) is 7.41. The van der Waals surface area contributed by atoms with Gasteiger partial charge in [0.25, 0.3) is 0 Å². The molecule has 0 atom stereocenters. The molecule has 1 saturated heterocycles. The van der Waals surface area contributed by atoms with Crippen molar-refractivity contribution in [3.8, 4) is 17.2 Å². The van der Waals surface area contributed by atoms with E-state index in [1.54, 1.807) is 48.8 Å². The Balaban J connectivity index is 1.98. The Morgan fingerprint density at radius 1 is 0.967 bits per heavy atom. The molecule has 2 aromatic carbocycles. The number of hydrogen-bond donors (Lipinski definition) is 0. The molecule has 3 aromatic rings. The molecule has 1 aromatic heterocycles. The summed E-state index contributed by atoms with van der Waals surface area (Å²) in [5, 5.41) is 0.707. The third kappa shape index (κ3) is 3.52. The van der Waals surface area contributed by atoms with Crippen molar-refractivity contribution in [2.75, 3.05) is 25.7 Å². The first-order valence-corrected chi connectivity index (χ1v) is 12.6. The second kappa shape index (κ2) is 7.94. The summed E-state index contributed by atoms with van der Waals surface area (Å²) in [5.74, 6) is 2.72. The molecule has 1 aliphatic rings. The first kappa shape index (κ1) is 21.3. The van der Waals surface area contributed by atoms with Crippen LogP contribution in [-0.4, -0.2) is 34.1 Å². The van der Waals surface area contributed by atoms with Crippen LogP contribution in [0, 0.1) is 6.92 Å². The summed E-state index contributed by atoms with van der Waals surface area (Å²) in [4.78, 5) is 0.0662. The van der Waals surface area contributed by atoms with Crippen LogP contribution in [0.1, 0.15) is 18.1 Å². The molecule has 0 bridgehead atoms. The summed E-state index contributed by atoms with van der Waals surface area (Å²) in [6, 6.07) is 8.30. The molecule has 2 heterocycles. The maximum Gasteiger partial charge on any atom is 0.339 e. The Morgan fingerprint density at radius 3 is 2.20 bits per heavy atom. The minimum absolute atomic E-state index is 0.0662. The van der Waals surface area contributed by atoms with Crippen LogP contribution in [0.3, 0.4) is 0 Å². The van der Waals surface area contributed by atoms with Gasteiger partial charge in [-0.1, -0.05) is 17.7 Å². The zero-order valence-corrected chi connectivity index (χ0v) is 19.5. The van der Waals surface area contributed by atoms with E-state index in [1.165, 1.54) is 25.5 Å². The maximum absolute atomic E-state index is 13.2. The number of ether oxygens (including phenoxy) is 2. The van der Waals surface area contributed by atoms with Crippen molar-refractivity contribution >= 4 is 44.6 Å². The van der Waals surface area contributed by atoms with E-state index in [-0.39, 0.29) is 16.4 Å². The van der Waals surface area contributed by atoms with Gasteiger partial charge in [0.05, 0.1) is 35.5 Å². The van der Waals surface area contributed by atoms with E-state index in [1.807, 2.05) is 13.8 Å². The van der Waals surface area contributed by atoms with Gasteiger partial charge in [-0.15, -0.1) is 23.5 Å². The zero-order chi connectivity index (χ0) is 21.5. The van der Waals surface area contributed by atoms with E-state index < -0.39 is 14.2 Å². The highest BCUT2D eigenvalue weighted by Gasteiger charge is 2.42. The second-order valence-electron chi connectivity index (χ2n) is 6.93. The highest BCUT2D eigenvalue weighted by atomic mass is 32.2. The molecule has 0 amide bonds.